The average Bonchev–Trinajstić information content (AvgIpc) is 2.25. The summed E-state index contributed by atoms with van der Waals surface area (Å²) in [6.07, 6.45) is -5.84. The van der Waals surface area contributed by atoms with Crippen LogP contribution in [0.1, 0.15) is 32.8 Å². The fourth-order valence-corrected chi connectivity index (χ4v) is 1.94. The molecule has 0 aliphatic heterocycles. The van der Waals surface area contributed by atoms with Crippen LogP contribution in [-0.4, -0.2) is 25.0 Å². The van der Waals surface area contributed by atoms with E-state index in [4.69, 9.17) is 9.47 Å². The quantitative estimate of drug-likeness (QED) is 0.801. The van der Waals surface area contributed by atoms with Crippen LogP contribution >= 0.6 is 0 Å². The van der Waals surface area contributed by atoms with Gasteiger partial charge in [-0.15, -0.1) is 0 Å². The number of halogens is 3. The van der Waals surface area contributed by atoms with Gasteiger partial charge in [-0.1, -0.05) is 12.1 Å². The smallest absolute Gasteiger partial charge is 0.391 e. The predicted octanol–water partition coefficient (Wildman–Crippen LogP) is 4.37. The summed E-state index contributed by atoms with van der Waals surface area (Å²) >= 11 is 0. The third-order valence-corrected chi connectivity index (χ3v) is 2.60. The van der Waals surface area contributed by atoms with Crippen LogP contribution in [0, 0.1) is 0 Å². The molecule has 0 aliphatic carbocycles. The van der Waals surface area contributed by atoms with Gasteiger partial charge in [0.2, 0.25) is 0 Å². The van der Waals surface area contributed by atoms with Gasteiger partial charge in [-0.05, 0) is 44.9 Å². The molecule has 1 atom stereocenters. The molecule has 114 valence electrons. The van der Waals surface area contributed by atoms with E-state index in [-0.39, 0.29) is 6.42 Å². The van der Waals surface area contributed by atoms with Crippen molar-refractivity contribution in [3.63, 3.8) is 0 Å². The lowest BCUT2D eigenvalue weighted by atomic mass is 10.0. The Labute approximate surface area is 117 Å². The number of hydrogen-bond donors (Lipinski definition) is 0. The van der Waals surface area contributed by atoms with E-state index >= 15 is 0 Å². The van der Waals surface area contributed by atoms with E-state index in [1.54, 1.807) is 52.1 Å². The molecule has 0 N–H and O–H groups in total. The second-order valence-corrected chi connectivity index (χ2v) is 5.72. The summed E-state index contributed by atoms with van der Waals surface area (Å²) in [7, 11) is 1.55. The monoisotopic (exact) mass is 290 g/mol. The number of hydrogen-bond acceptors (Lipinski definition) is 2. The molecule has 0 saturated carbocycles. The Balaban J connectivity index is 2.76. The van der Waals surface area contributed by atoms with Crippen molar-refractivity contribution >= 4 is 0 Å². The van der Waals surface area contributed by atoms with Gasteiger partial charge < -0.3 is 9.47 Å². The lowest BCUT2D eigenvalue weighted by Crippen LogP contribution is -2.32. The van der Waals surface area contributed by atoms with Crippen LogP contribution in [0.5, 0.6) is 5.75 Å². The Bertz CT molecular complexity index is 389. The first-order valence-corrected chi connectivity index (χ1v) is 6.46. The highest BCUT2D eigenvalue weighted by Crippen LogP contribution is 2.27. The highest BCUT2D eigenvalue weighted by atomic mass is 19.4. The molecular formula is C15H21F3O2. The number of ether oxygens (including phenoxy) is 2. The molecule has 2 nitrogen and oxygen atoms in total. The molecule has 5 heteroatoms. The first-order valence-electron chi connectivity index (χ1n) is 6.46. The predicted molar refractivity (Wildman–Crippen MR) is 72.0 cm³/mol. The highest BCUT2D eigenvalue weighted by Gasteiger charge is 2.34. The van der Waals surface area contributed by atoms with E-state index in [1.807, 2.05) is 0 Å². The molecule has 1 aromatic rings. The second kappa shape index (κ2) is 6.48. The van der Waals surface area contributed by atoms with Gasteiger partial charge in [0.25, 0.3) is 0 Å². The number of alkyl halides is 3. The zero-order valence-corrected chi connectivity index (χ0v) is 12.3. The second-order valence-electron chi connectivity index (χ2n) is 5.72. The van der Waals surface area contributed by atoms with Crippen LogP contribution < -0.4 is 4.74 Å². The van der Waals surface area contributed by atoms with Crippen molar-refractivity contribution in [3.8, 4) is 5.75 Å². The molecule has 0 radical (unpaired) electrons. The van der Waals surface area contributed by atoms with Crippen molar-refractivity contribution in [1.29, 1.82) is 0 Å². The number of rotatable bonds is 5. The number of methoxy groups -OCH3 is 1. The van der Waals surface area contributed by atoms with Gasteiger partial charge in [0, 0.05) is 0 Å². The topological polar surface area (TPSA) is 18.5 Å². The van der Waals surface area contributed by atoms with Crippen molar-refractivity contribution in [2.45, 2.75) is 51.5 Å². The summed E-state index contributed by atoms with van der Waals surface area (Å²) in [5.74, 6) is 0.679. The Morgan fingerprint density at radius 3 is 2.00 bits per heavy atom. The van der Waals surface area contributed by atoms with Gasteiger partial charge in [0.05, 0.1) is 25.2 Å². The first kappa shape index (κ1) is 16.8. The molecule has 0 aromatic heterocycles. The largest absolute Gasteiger partial charge is 0.497 e. The molecule has 0 saturated heterocycles. The zero-order chi connectivity index (χ0) is 15.4. The fraction of sp³-hybridized carbons (Fsp3) is 0.600. The maximum atomic E-state index is 12.6. The summed E-state index contributed by atoms with van der Waals surface area (Å²) in [6.45, 7) is 5.26. The highest BCUT2D eigenvalue weighted by molar-refractivity contribution is 5.27. The lowest BCUT2D eigenvalue weighted by Gasteiger charge is -2.28. The van der Waals surface area contributed by atoms with Crippen molar-refractivity contribution in [1.82, 2.24) is 0 Å². The maximum absolute atomic E-state index is 12.6. The van der Waals surface area contributed by atoms with Crippen molar-refractivity contribution in [2.24, 2.45) is 0 Å². The number of benzene rings is 1. The van der Waals surface area contributed by atoms with Gasteiger partial charge in [0.15, 0.2) is 0 Å². The standard InChI is InChI=1S/C15H21F3O2/c1-14(2,3)20-13(10-15(16,17)18)9-11-5-7-12(19-4)8-6-11/h5-8,13H,9-10H2,1-4H3. The van der Waals surface area contributed by atoms with E-state index in [9.17, 15) is 13.2 Å². The van der Waals surface area contributed by atoms with Crippen LogP contribution in [0.2, 0.25) is 0 Å². The summed E-state index contributed by atoms with van der Waals surface area (Å²) in [6, 6.07) is 6.98. The van der Waals surface area contributed by atoms with Gasteiger partial charge >= 0.3 is 6.18 Å². The Morgan fingerprint density at radius 2 is 1.60 bits per heavy atom. The van der Waals surface area contributed by atoms with Gasteiger partial charge in [-0.3, -0.25) is 0 Å². The van der Waals surface area contributed by atoms with E-state index in [1.165, 1.54) is 0 Å². The molecule has 1 unspecified atom stereocenters. The van der Waals surface area contributed by atoms with Crippen LogP contribution in [-0.2, 0) is 11.2 Å². The molecule has 0 aliphatic rings. The van der Waals surface area contributed by atoms with Crippen molar-refractivity contribution < 1.29 is 22.6 Å². The normalized spacial score (nSPS) is 14.2. The van der Waals surface area contributed by atoms with E-state index < -0.39 is 24.3 Å². The summed E-state index contributed by atoms with van der Waals surface area (Å²) in [4.78, 5) is 0. The van der Waals surface area contributed by atoms with Gasteiger partial charge in [0.1, 0.15) is 5.75 Å². The minimum atomic E-state index is -4.23. The van der Waals surface area contributed by atoms with E-state index in [0.29, 0.717) is 5.75 Å². The molecule has 1 rings (SSSR count). The first-order chi connectivity index (χ1) is 9.09. The van der Waals surface area contributed by atoms with Crippen LogP contribution in [0.25, 0.3) is 0 Å². The van der Waals surface area contributed by atoms with Gasteiger partial charge in [-0.2, -0.15) is 13.2 Å². The fourth-order valence-electron chi connectivity index (χ4n) is 1.94. The Kier molecular flexibility index (Phi) is 5.45. The molecule has 1 aromatic carbocycles. The summed E-state index contributed by atoms with van der Waals surface area (Å²) < 4.78 is 48.4. The molecule has 0 spiro atoms. The maximum Gasteiger partial charge on any atom is 0.391 e. The van der Waals surface area contributed by atoms with Crippen LogP contribution in [0.15, 0.2) is 24.3 Å². The van der Waals surface area contributed by atoms with E-state index in [0.717, 1.165) is 5.56 Å². The Morgan fingerprint density at radius 1 is 1.05 bits per heavy atom. The SMILES string of the molecule is COc1ccc(CC(CC(F)(F)F)OC(C)(C)C)cc1. The van der Waals surface area contributed by atoms with E-state index in [2.05, 4.69) is 0 Å². The Hall–Kier alpha value is -1.23. The minimum absolute atomic E-state index is 0.223. The minimum Gasteiger partial charge on any atom is -0.497 e. The molecule has 0 heterocycles. The molecule has 0 fully saturated rings. The summed E-state index contributed by atoms with van der Waals surface area (Å²) in [5, 5.41) is 0. The summed E-state index contributed by atoms with van der Waals surface area (Å²) in [5.41, 5.74) is 0.187. The molecule has 0 bridgehead atoms. The third kappa shape index (κ3) is 6.80. The average molecular weight is 290 g/mol. The van der Waals surface area contributed by atoms with Crippen LogP contribution in [0.4, 0.5) is 13.2 Å². The van der Waals surface area contributed by atoms with Gasteiger partial charge in [-0.25, -0.2) is 0 Å². The molecule has 20 heavy (non-hydrogen) atoms. The van der Waals surface area contributed by atoms with Crippen LogP contribution in [0.3, 0.4) is 0 Å². The molecule has 0 amide bonds. The third-order valence-electron chi connectivity index (χ3n) is 2.60. The lowest BCUT2D eigenvalue weighted by molar-refractivity contribution is -0.175. The van der Waals surface area contributed by atoms with Crippen molar-refractivity contribution in [3.05, 3.63) is 29.8 Å². The van der Waals surface area contributed by atoms with Crippen molar-refractivity contribution in [2.75, 3.05) is 7.11 Å². The zero-order valence-electron chi connectivity index (χ0n) is 12.3. The molecular weight excluding hydrogens is 269 g/mol.